The van der Waals surface area contributed by atoms with E-state index < -0.39 is 0 Å². The molecule has 0 spiro atoms. The van der Waals surface area contributed by atoms with E-state index in [0.29, 0.717) is 5.69 Å². The molecule has 0 bridgehead atoms. The van der Waals surface area contributed by atoms with Crippen molar-refractivity contribution in [1.29, 1.82) is 0 Å². The fourth-order valence-corrected chi connectivity index (χ4v) is 2.32. The van der Waals surface area contributed by atoms with Crippen LogP contribution in [0, 0.1) is 12.7 Å². The molecule has 2 aromatic carbocycles. The van der Waals surface area contributed by atoms with Gasteiger partial charge in [-0.2, -0.15) is 0 Å². The van der Waals surface area contributed by atoms with E-state index in [2.05, 4.69) is 36.5 Å². The van der Waals surface area contributed by atoms with Crippen LogP contribution in [0.3, 0.4) is 0 Å². The Kier molecular flexibility index (Phi) is 4.78. The largest absolute Gasteiger partial charge is 0.376 e. The molecule has 1 atom stereocenters. The van der Waals surface area contributed by atoms with E-state index in [1.807, 2.05) is 19.9 Å². The van der Waals surface area contributed by atoms with Gasteiger partial charge in [-0.3, -0.25) is 0 Å². The zero-order chi connectivity index (χ0) is 14.5. The molecule has 20 heavy (non-hydrogen) atoms. The van der Waals surface area contributed by atoms with Crippen LogP contribution in [0.2, 0.25) is 0 Å². The lowest BCUT2D eigenvalue weighted by Crippen LogP contribution is -2.08. The van der Waals surface area contributed by atoms with Crippen molar-refractivity contribution >= 4 is 5.69 Å². The zero-order valence-electron chi connectivity index (χ0n) is 12.4. The molecule has 0 radical (unpaired) electrons. The number of hydrogen-bond acceptors (Lipinski definition) is 1. The molecule has 1 unspecified atom stereocenters. The molecule has 1 nitrogen and oxygen atoms in total. The molecular formula is C18H22FN. The van der Waals surface area contributed by atoms with E-state index in [1.54, 1.807) is 12.1 Å². The second kappa shape index (κ2) is 6.56. The summed E-state index contributed by atoms with van der Waals surface area (Å²) in [5.74, 6) is -0.195. The summed E-state index contributed by atoms with van der Waals surface area (Å²) in [6.07, 6.45) is 2.26. The molecule has 0 aromatic heterocycles. The molecule has 106 valence electrons. The summed E-state index contributed by atoms with van der Waals surface area (Å²) in [4.78, 5) is 0. The summed E-state index contributed by atoms with van der Waals surface area (Å²) in [7, 11) is 0. The van der Waals surface area contributed by atoms with Gasteiger partial charge >= 0.3 is 0 Å². The van der Waals surface area contributed by atoms with Gasteiger partial charge in [0.2, 0.25) is 0 Å². The van der Waals surface area contributed by atoms with Crippen molar-refractivity contribution in [2.24, 2.45) is 0 Å². The van der Waals surface area contributed by atoms with Gasteiger partial charge in [-0.05, 0) is 49.1 Å². The van der Waals surface area contributed by atoms with E-state index in [0.717, 1.165) is 18.4 Å². The molecule has 2 heteroatoms. The Labute approximate surface area is 120 Å². The minimum Gasteiger partial charge on any atom is -0.376 e. The molecule has 0 aliphatic heterocycles. The number of rotatable bonds is 5. The van der Waals surface area contributed by atoms with E-state index in [9.17, 15) is 4.39 Å². The van der Waals surface area contributed by atoms with Gasteiger partial charge in [-0.1, -0.05) is 43.7 Å². The van der Waals surface area contributed by atoms with Crippen LogP contribution >= 0.6 is 0 Å². The van der Waals surface area contributed by atoms with Crippen LogP contribution in [0.5, 0.6) is 0 Å². The molecule has 1 N–H and O–H groups in total. The average molecular weight is 271 g/mol. The average Bonchev–Trinajstić information content (AvgIpc) is 2.43. The Morgan fingerprint density at radius 2 is 1.80 bits per heavy atom. The molecule has 0 saturated heterocycles. The van der Waals surface area contributed by atoms with E-state index in [-0.39, 0.29) is 11.9 Å². The van der Waals surface area contributed by atoms with Crippen LogP contribution < -0.4 is 5.32 Å². The molecule has 0 aliphatic rings. The van der Waals surface area contributed by atoms with Crippen LogP contribution in [0.1, 0.15) is 43.0 Å². The first kappa shape index (κ1) is 14.6. The Hall–Kier alpha value is -1.83. The maximum Gasteiger partial charge on any atom is 0.146 e. The van der Waals surface area contributed by atoms with Crippen molar-refractivity contribution in [1.82, 2.24) is 0 Å². The maximum absolute atomic E-state index is 13.8. The third-order valence-corrected chi connectivity index (χ3v) is 3.51. The van der Waals surface area contributed by atoms with Crippen molar-refractivity contribution in [2.75, 3.05) is 5.32 Å². The van der Waals surface area contributed by atoms with E-state index >= 15 is 0 Å². The molecule has 0 amide bonds. The number of aryl methyl sites for hydroxylation is 2. The summed E-state index contributed by atoms with van der Waals surface area (Å²) >= 11 is 0. The number of benzene rings is 2. The Morgan fingerprint density at radius 3 is 2.40 bits per heavy atom. The SMILES string of the molecule is CCCc1ccc(C(C)Nc2ccc(C)cc2F)cc1. The summed E-state index contributed by atoms with van der Waals surface area (Å²) in [5.41, 5.74) is 4.01. The van der Waals surface area contributed by atoms with Crippen LogP contribution in [-0.4, -0.2) is 0 Å². The van der Waals surface area contributed by atoms with E-state index in [4.69, 9.17) is 0 Å². The summed E-state index contributed by atoms with van der Waals surface area (Å²) in [6, 6.07) is 13.9. The van der Waals surface area contributed by atoms with Gasteiger partial charge in [0.1, 0.15) is 5.82 Å². The Bertz CT molecular complexity index is 560. The zero-order valence-corrected chi connectivity index (χ0v) is 12.4. The van der Waals surface area contributed by atoms with Gasteiger partial charge in [0.05, 0.1) is 5.69 Å². The molecule has 2 rings (SSSR count). The quantitative estimate of drug-likeness (QED) is 0.782. The van der Waals surface area contributed by atoms with Crippen molar-refractivity contribution in [3.63, 3.8) is 0 Å². The first-order chi connectivity index (χ1) is 9.60. The lowest BCUT2D eigenvalue weighted by Gasteiger charge is -2.17. The first-order valence-electron chi connectivity index (χ1n) is 7.21. The number of anilines is 1. The number of hydrogen-bond donors (Lipinski definition) is 1. The highest BCUT2D eigenvalue weighted by molar-refractivity contribution is 5.48. The molecule has 0 saturated carbocycles. The van der Waals surface area contributed by atoms with Crippen molar-refractivity contribution in [2.45, 2.75) is 39.7 Å². The first-order valence-corrected chi connectivity index (χ1v) is 7.21. The highest BCUT2D eigenvalue weighted by atomic mass is 19.1. The van der Waals surface area contributed by atoms with Crippen molar-refractivity contribution in [3.05, 3.63) is 65.0 Å². The number of nitrogens with one attached hydrogen (secondary N) is 1. The maximum atomic E-state index is 13.8. The third-order valence-electron chi connectivity index (χ3n) is 3.51. The van der Waals surface area contributed by atoms with Crippen LogP contribution in [0.25, 0.3) is 0 Å². The highest BCUT2D eigenvalue weighted by Gasteiger charge is 2.08. The number of halogens is 1. The van der Waals surface area contributed by atoms with Crippen molar-refractivity contribution in [3.8, 4) is 0 Å². The lowest BCUT2D eigenvalue weighted by atomic mass is 10.0. The standard InChI is InChI=1S/C18H22FN/c1-4-5-15-7-9-16(10-8-15)14(3)20-18-11-6-13(2)12-17(18)19/h6-12,14,20H,4-5H2,1-3H3. The van der Waals surface area contributed by atoms with Gasteiger partial charge in [0, 0.05) is 6.04 Å². The molecule has 0 aliphatic carbocycles. The highest BCUT2D eigenvalue weighted by Crippen LogP contribution is 2.22. The fourth-order valence-electron chi connectivity index (χ4n) is 2.32. The van der Waals surface area contributed by atoms with E-state index in [1.165, 1.54) is 11.1 Å². The topological polar surface area (TPSA) is 12.0 Å². The Balaban J connectivity index is 2.09. The smallest absolute Gasteiger partial charge is 0.146 e. The van der Waals surface area contributed by atoms with Crippen LogP contribution in [0.4, 0.5) is 10.1 Å². The summed E-state index contributed by atoms with van der Waals surface area (Å²) in [6.45, 7) is 6.12. The lowest BCUT2D eigenvalue weighted by molar-refractivity contribution is 0.626. The third kappa shape index (κ3) is 3.60. The minimum atomic E-state index is -0.195. The monoisotopic (exact) mass is 271 g/mol. The molecule has 0 fully saturated rings. The molecule has 2 aromatic rings. The summed E-state index contributed by atoms with van der Waals surface area (Å²) < 4.78 is 13.8. The second-order valence-corrected chi connectivity index (χ2v) is 5.34. The van der Waals surface area contributed by atoms with Gasteiger partial charge in [0.15, 0.2) is 0 Å². The fraction of sp³-hybridized carbons (Fsp3) is 0.333. The van der Waals surface area contributed by atoms with Gasteiger partial charge in [-0.25, -0.2) is 4.39 Å². The van der Waals surface area contributed by atoms with Gasteiger partial charge < -0.3 is 5.32 Å². The minimum absolute atomic E-state index is 0.0860. The predicted octanol–water partition coefficient (Wildman–Crippen LogP) is 5.26. The Morgan fingerprint density at radius 1 is 1.10 bits per heavy atom. The van der Waals surface area contributed by atoms with Gasteiger partial charge in [-0.15, -0.1) is 0 Å². The molecule has 0 heterocycles. The normalized spacial score (nSPS) is 12.2. The second-order valence-electron chi connectivity index (χ2n) is 5.34. The van der Waals surface area contributed by atoms with Crippen LogP contribution in [0.15, 0.2) is 42.5 Å². The molecular weight excluding hydrogens is 249 g/mol. The van der Waals surface area contributed by atoms with Crippen molar-refractivity contribution < 1.29 is 4.39 Å². The van der Waals surface area contributed by atoms with Gasteiger partial charge in [0.25, 0.3) is 0 Å². The summed E-state index contributed by atoms with van der Waals surface area (Å²) in [5, 5.41) is 3.23. The van der Waals surface area contributed by atoms with Crippen LogP contribution in [-0.2, 0) is 6.42 Å². The predicted molar refractivity (Wildman–Crippen MR) is 83.6 cm³/mol.